The Balaban J connectivity index is -0.000000230. The van der Waals surface area contributed by atoms with Crippen molar-refractivity contribution < 1.29 is 34.4 Å². The number of esters is 1. The number of carbonyl (C=O) groups is 3. The molecule has 114 valence electrons. The number of hydrogen-bond acceptors (Lipinski definition) is 5. The molecule has 0 aliphatic rings. The first-order valence-corrected chi connectivity index (χ1v) is 5.37. The Kier molecular flexibility index (Phi) is 18.9. The summed E-state index contributed by atoms with van der Waals surface area (Å²) in [5, 5.41) is 23.7. The van der Waals surface area contributed by atoms with E-state index in [1.807, 2.05) is 0 Å². The fraction of sp³-hybridized carbons (Fsp3) is 0.308. The van der Waals surface area contributed by atoms with E-state index in [4.69, 9.17) is 15.3 Å². The molecule has 0 unspecified atom stereocenters. The van der Waals surface area contributed by atoms with Gasteiger partial charge in [-0.2, -0.15) is 0 Å². The lowest BCUT2D eigenvalue weighted by atomic mass is 10.4. The minimum Gasteiger partial charge on any atom is -0.478 e. The number of ether oxygens (including phenoxy) is 1. The molecule has 0 rings (SSSR count). The van der Waals surface area contributed by atoms with Gasteiger partial charge in [0.2, 0.25) is 0 Å². The number of rotatable bonds is 6. The summed E-state index contributed by atoms with van der Waals surface area (Å²) >= 11 is 0. The highest BCUT2D eigenvalue weighted by Gasteiger charge is 1.92. The zero-order chi connectivity index (χ0) is 16.6. The summed E-state index contributed by atoms with van der Waals surface area (Å²) in [6.07, 6.45) is 2.41. The van der Waals surface area contributed by atoms with Crippen LogP contribution in [0.25, 0.3) is 0 Å². The third kappa shape index (κ3) is 29.6. The van der Waals surface area contributed by atoms with E-state index >= 15 is 0 Å². The minimum absolute atomic E-state index is 0.0461. The number of hydrogen-bond donors (Lipinski definition) is 3. The number of carboxylic acids is 2. The zero-order valence-electron chi connectivity index (χ0n) is 11.4. The Hall–Kier alpha value is -2.41. The van der Waals surface area contributed by atoms with E-state index in [0.717, 1.165) is 12.2 Å². The largest absolute Gasteiger partial charge is 0.478 e. The van der Waals surface area contributed by atoms with Crippen LogP contribution in [0.2, 0.25) is 0 Å². The minimum atomic E-state index is -0.981. The Morgan fingerprint density at radius 1 is 1.15 bits per heavy atom. The molecule has 7 heteroatoms. The van der Waals surface area contributed by atoms with Crippen LogP contribution in [0.5, 0.6) is 0 Å². The van der Waals surface area contributed by atoms with E-state index in [1.165, 1.54) is 6.92 Å². The van der Waals surface area contributed by atoms with Crippen LogP contribution in [0, 0.1) is 0 Å². The number of aliphatic carboxylic acids is 2. The molecule has 7 nitrogen and oxygen atoms in total. The summed E-state index contributed by atoms with van der Waals surface area (Å²) in [7, 11) is 0. The topological polar surface area (TPSA) is 121 Å². The lowest BCUT2D eigenvalue weighted by Gasteiger charge is -1.96. The van der Waals surface area contributed by atoms with Crippen molar-refractivity contribution >= 4 is 17.9 Å². The SMILES string of the molecule is C=C(C)C(=O)O.C=CC(=O)O.C=CC(=O)OCCCO. The molecule has 0 spiro atoms. The quantitative estimate of drug-likeness (QED) is 0.378. The van der Waals surface area contributed by atoms with Gasteiger partial charge in [0.15, 0.2) is 0 Å². The first kappa shape index (κ1) is 22.7. The Morgan fingerprint density at radius 2 is 1.55 bits per heavy atom. The fourth-order valence-electron chi connectivity index (χ4n) is 0.296. The molecule has 0 saturated heterocycles. The van der Waals surface area contributed by atoms with Crippen LogP contribution in [0.15, 0.2) is 37.5 Å². The lowest BCUT2D eigenvalue weighted by molar-refractivity contribution is -0.138. The maximum absolute atomic E-state index is 10.3. The fourth-order valence-corrected chi connectivity index (χ4v) is 0.296. The van der Waals surface area contributed by atoms with Crippen molar-refractivity contribution in [1.29, 1.82) is 0 Å². The Bertz CT molecular complexity index is 333. The molecule has 0 atom stereocenters. The van der Waals surface area contributed by atoms with Gasteiger partial charge in [0.1, 0.15) is 0 Å². The molecule has 0 aromatic rings. The number of carboxylic acid groups (broad SMARTS) is 2. The van der Waals surface area contributed by atoms with Crippen LogP contribution in [0.1, 0.15) is 13.3 Å². The molecule has 0 saturated carbocycles. The number of aliphatic hydroxyl groups is 1. The van der Waals surface area contributed by atoms with Gasteiger partial charge in [-0.15, -0.1) is 0 Å². The first-order chi connectivity index (χ1) is 9.22. The maximum Gasteiger partial charge on any atom is 0.330 e. The van der Waals surface area contributed by atoms with Crippen molar-refractivity contribution in [2.75, 3.05) is 13.2 Å². The van der Waals surface area contributed by atoms with Gasteiger partial charge in [0.05, 0.1) is 6.61 Å². The summed E-state index contributed by atoms with van der Waals surface area (Å²) in [4.78, 5) is 29.1. The zero-order valence-corrected chi connectivity index (χ0v) is 11.4. The molecule has 0 aromatic heterocycles. The van der Waals surface area contributed by atoms with E-state index in [1.54, 1.807) is 0 Å². The molecular formula is C13H20O7. The normalized spacial score (nSPS) is 7.70. The molecule has 0 amide bonds. The molecule has 20 heavy (non-hydrogen) atoms. The molecule has 0 fully saturated rings. The van der Waals surface area contributed by atoms with E-state index in [9.17, 15) is 14.4 Å². The average molecular weight is 288 g/mol. The standard InChI is InChI=1S/C6H10O3.C4H6O2.C3H4O2/c1-2-6(8)9-5-3-4-7;1-3(2)4(5)6;1-2-3(4)5/h2,7H,1,3-5H2;1H2,2H3,(H,5,6);2H,1H2,(H,4,5). The van der Waals surface area contributed by atoms with Crippen molar-refractivity contribution in [3.63, 3.8) is 0 Å². The second kappa shape index (κ2) is 16.6. The van der Waals surface area contributed by atoms with E-state index < -0.39 is 17.9 Å². The third-order valence-electron chi connectivity index (χ3n) is 1.25. The average Bonchev–Trinajstić information content (AvgIpc) is 2.40. The van der Waals surface area contributed by atoms with Crippen LogP contribution in [-0.2, 0) is 19.1 Å². The lowest BCUT2D eigenvalue weighted by Crippen LogP contribution is -2.02. The molecular weight excluding hydrogens is 268 g/mol. The first-order valence-electron chi connectivity index (χ1n) is 5.37. The second-order valence-electron chi connectivity index (χ2n) is 3.08. The molecule has 0 aliphatic heterocycles. The second-order valence-corrected chi connectivity index (χ2v) is 3.08. The molecule has 0 aliphatic carbocycles. The van der Waals surface area contributed by atoms with Crippen molar-refractivity contribution in [3.8, 4) is 0 Å². The van der Waals surface area contributed by atoms with Gasteiger partial charge in [-0.25, -0.2) is 14.4 Å². The van der Waals surface area contributed by atoms with Crippen molar-refractivity contribution in [2.45, 2.75) is 13.3 Å². The van der Waals surface area contributed by atoms with Gasteiger partial charge in [0, 0.05) is 30.8 Å². The highest BCUT2D eigenvalue weighted by Crippen LogP contribution is 1.82. The van der Waals surface area contributed by atoms with Crippen LogP contribution in [0.3, 0.4) is 0 Å². The van der Waals surface area contributed by atoms with E-state index in [0.29, 0.717) is 6.42 Å². The van der Waals surface area contributed by atoms with Crippen molar-refractivity contribution in [2.24, 2.45) is 0 Å². The molecule has 3 N–H and O–H groups in total. The van der Waals surface area contributed by atoms with Crippen LogP contribution in [0.4, 0.5) is 0 Å². The predicted molar refractivity (Wildman–Crippen MR) is 73.1 cm³/mol. The third-order valence-corrected chi connectivity index (χ3v) is 1.25. The predicted octanol–water partition coefficient (Wildman–Crippen LogP) is 1.00. The summed E-state index contributed by atoms with van der Waals surface area (Å²) in [5.74, 6) is -2.36. The van der Waals surface area contributed by atoms with E-state index in [2.05, 4.69) is 24.5 Å². The van der Waals surface area contributed by atoms with Crippen LogP contribution < -0.4 is 0 Å². The highest BCUT2D eigenvalue weighted by molar-refractivity contribution is 5.84. The van der Waals surface area contributed by atoms with E-state index in [-0.39, 0.29) is 18.8 Å². The van der Waals surface area contributed by atoms with Crippen LogP contribution in [-0.4, -0.2) is 46.4 Å². The number of aliphatic hydroxyl groups excluding tert-OH is 1. The van der Waals surface area contributed by atoms with Gasteiger partial charge in [-0.05, 0) is 6.92 Å². The maximum atomic E-state index is 10.3. The van der Waals surface area contributed by atoms with Crippen molar-refractivity contribution in [3.05, 3.63) is 37.5 Å². The monoisotopic (exact) mass is 288 g/mol. The van der Waals surface area contributed by atoms with Gasteiger partial charge in [-0.1, -0.05) is 19.7 Å². The Labute approximate surface area is 117 Å². The number of carbonyl (C=O) groups excluding carboxylic acids is 1. The highest BCUT2D eigenvalue weighted by atomic mass is 16.5. The van der Waals surface area contributed by atoms with Gasteiger partial charge in [-0.3, -0.25) is 0 Å². The summed E-state index contributed by atoms with van der Waals surface area (Å²) in [6, 6.07) is 0. The summed E-state index contributed by atoms with van der Waals surface area (Å²) < 4.78 is 4.51. The molecule has 0 heterocycles. The molecule has 0 aromatic carbocycles. The van der Waals surface area contributed by atoms with Gasteiger partial charge in [0.25, 0.3) is 0 Å². The van der Waals surface area contributed by atoms with Crippen molar-refractivity contribution in [1.82, 2.24) is 0 Å². The van der Waals surface area contributed by atoms with Crippen LogP contribution >= 0.6 is 0 Å². The van der Waals surface area contributed by atoms with Gasteiger partial charge >= 0.3 is 17.9 Å². The van der Waals surface area contributed by atoms with Gasteiger partial charge < -0.3 is 20.1 Å². The Morgan fingerprint density at radius 3 is 1.75 bits per heavy atom. The smallest absolute Gasteiger partial charge is 0.330 e. The molecule has 0 bridgehead atoms. The summed E-state index contributed by atoms with van der Waals surface area (Å²) in [5.41, 5.74) is 0.176. The summed E-state index contributed by atoms with van der Waals surface area (Å²) in [6.45, 7) is 11.1. The molecule has 0 radical (unpaired) electrons.